The number of Topliss-reactive ketones (excluding diaryl/α,β-unsaturated/α-hetero) is 2. The molecule has 0 aliphatic carbocycles. The fourth-order valence-electron chi connectivity index (χ4n) is 1.17. The molecule has 0 radical (unpaired) electrons. The van der Waals surface area contributed by atoms with Crippen molar-refractivity contribution in [1.82, 2.24) is 0 Å². The third kappa shape index (κ3) is 2.02. The van der Waals surface area contributed by atoms with Gasteiger partial charge in [-0.25, -0.2) is 0 Å². The SMILES string of the molecule is CC(=O)c1cc(C(C)=O)c(O)c(Br)c1O. The zero-order chi connectivity index (χ0) is 11.7. The van der Waals surface area contributed by atoms with Crippen LogP contribution in [0.5, 0.6) is 11.5 Å². The quantitative estimate of drug-likeness (QED) is 0.810. The van der Waals surface area contributed by atoms with Crippen molar-refractivity contribution >= 4 is 27.5 Å². The van der Waals surface area contributed by atoms with E-state index >= 15 is 0 Å². The molecular weight excluding hydrogens is 264 g/mol. The Labute approximate surface area is 94.7 Å². The minimum atomic E-state index is -0.379. The van der Waals surface area contributed by atoms with Crippen molar-refractivity contribution in [3.63, 3.8) is 0 Å². The Kier molecular flexibility index (Phi) is 3.14. The molecule has 2 N–H and O–H groups in total. The highest BCUT2D eigenvalue weighted by molar-refractivity contribution is 9.10. The van der Waals surface area contributed by atoms with Gasteiger partial charge < -0.3 is 10.2 Å². The van der Waals surface area contributed by atoms with Crippen LogP contribution in [0.25, 0.3) is 0 Å². The number of hydrogen-bond acceptors (Lipinski definition) is 4. The summed E-state index contributed by atoms with van der Waals surface area (Å²) in [6.07, 6.45) is 0. The molecule has 1 rings (SSSR count). The van der Waals surface area contributed by atoms with E-state index in [1.807, 2.05) is 0 Å². The first-order chi connectivity index (χ1) is 6.86. The van der Waals surface area contributed by atoms with E-state index in [9.17, 15) is 19.8 Å². The summed E-state index contributed by atoms with van der Waals surface area (Å²) in [5, 5.41) is 19.0. The summed E-state index contributed by atoms with van der Waals surface area (Å²) in [5.41, 5.74) is 0.00903. The number of phenolic OH excluding ortho intramolecular Hbond substituents is 2. The van der Waals surface area contributed by atoms with E-state index in [2.05, 4.69) is 15.9 Å². The lowest BCUT2D eigenvalue weighted by molar-refractivity contribution is 0.101. The van der Waals surface area contributed by atoms with E-state index in [0.29, 0.717) is 0 Å². The highest BCUT2D eigenvalue weighted by atomic mass is 79.9. The summed E-state index contributed by atoms with van der Waals surface area (Å²) in [6, 6.07) is 1.18. The zero-order valence-corrected chi connectivity index (χ0v) is 9.75. The fraction of sp³-hybridized carbons (Fsp3) is 0.200. The molecule has 4 nitrogen and oxygen atoms in total. The molecule has 0 bridgehead atoms. The second kappa shape index (κ2) is 4.02. The molecule has 15 heavy (non-hydrogen) atoms. The van der Waals surface area contributed by atoms with Crippen LogP contribution in [0.1, 0.15) is 34.6 Å². The average Bonchev–Trinajstić information content (AvgIpc) is 2.13. The molecule has 0 aromatic heterocycles. The molecule has 0 unspecified atom stereocenters. The van der Waals surface area contributed by atoms with E-state index in [1.54, 1.807) is 0 Å². The highest BCUT2D eigenvalue weighted by Gasteiger charge is 2.19. The Balaban J connectivity index is 3.59. The maximum absolute atomic E-state index is 11.1. The molecule has 0 atom stereocenters. The summed E-state index contributed by atoms with van der Waals surface area (Å²) in [5.74, 6) is -1.47. The average molecular weight is 273 g/mol. The molecule has 0 spiro atoms. The van der Waals surface area contributed by atoms with Crippen LogP contribution < -0.4 is 0 Å². The van der Waals surface area contributed by atoms with Crippen molar-refractivity contribution in [2.45, 2.75) is 13.8 Å². The molecule has 0 fully saturated rings. The number of carbonyl (C=O) groups excluding carboxylic acids is 2. The number of carbonyl (C=O) groups is 2. The Bertz CT molecular complexity index is 413. The van der Waals surface area contributed by atoms with Crippen LogP contribution in [0, 0.1) is 0 Å². The molecular formula is C10H9BrO4. The van der Waals surface area contributed by atoms with E-state index in [0.717, 1.165) is 0 Å². The molecule has 0 heterocycles. The lowest BCUT2D eigenvalue weighted by atomic mass is 10.0. The van der Waals surface area contributed by atoms with Gasteiger partial charge in [-0.3, -0.25) is 9.59 Å². The van der Waals surface area contributed by atoms with Crippen LogP contribution in [-0.4, -0.2) is 21.8 Å². The van der Waals surface area contributed by atoms with Gasteiger partial charge in [-0.05, 0) is 35.8 Å². The topological polar surface area (TPSA) is 74.6 Å². The third-order valence-electron chi connectivity index (χ3n) is 1.97. The Morgan fingerprint density at radius 1 is 1.07 bits per heavy atom. The number of ketones is 2. The zero-order valence-electron chi connectivity index (χ0n) is 8.17. The van der Waals surface area contributed by atoms with Gasteiger partial charge in [-0.2, -0.15) is 0 Å². The number of rotatable bonds is 2. The third-order valence-corrected chi connectivity index (χ3v) is 2.72. The number of benzene rings is 1. The first-order valence-corrected chi connectivity index (χ1v) is 4.91. The summed E-state index contributed by atoms with van der Waals surface area (Å²) < 4.78 is -0.0413. The van der Waals surface area contributed by atoms with Gasteiger partial charge in [0.25, 0.3) is 0 Å². The lowest BCUT2D eigenvalue weighted by Gasteiger charge is -2.08. The van der Waals surface area contributed by atoms with Crippen LogP contribution in [0.2, 0.25) is 0 Å². The maximum Gasteiger partial charge on any atom is 0.163 e. The van der Waals surface area contributed by atoms with E-state index in [-0.39, 0.29) is 38.7 Å². The minimum absolute atomic E-state index is 0.00451. The van der Waals surface area contributed by atoms with Gasteiger partial charge in [0.05, 0.1) is 11.1 Å². The largest absolute Gasteiger partial charge is 0.506 e. The van der Waals surface area contributed by atoms with Crippen LogP contribution in [0.15, 0.2) is 10.5 Å². The fourth-order valence-corrected chi connectivity index (χ4v) is 1.59. The Morgan fingerprint density at radius 3 is 1.67 bits per heavy atom. The number of halogens is 1. The van der Waals surface area contributed by atoms with E-state index < -0.39 is 0 Å². The van der Waals surface area contributed by atoms with Crippen LogP contribution in [0.3, 0.4) is 0 Å². The van der Waals surface area contributed by atoms with Gasteiger partial charge >= 0.3 is 0 Å². The smallest absolute Gasteiger partial charge is 0.163 e. The van der Waals surface area contributed by atoms with Crippen molar-refractivity contribution in [3.8, 4) is 11.5 Å². The molecule has 1 aromatic rings. The van der Waals surface area contributed by atoms with Gasteiger partial charge in [-0.1, -0.05) is 0 Å². The molecule has 0 aliphatic rings. The van der Waals surface area contributed by atoms with Crippen molar-refractivity contribution < 1.29 is 19.8 Å². The summed E-state index contributed by atoms with van der Waals surface area (Å²) in [4.78, 5) is 22.3. The lowest BCUT2D eigenvalue weighted by Crippen LogP contribution is -2.00. The minimum Gasteiger partial charge on any atom is -0.506 e. The summed E-state index contributed by atoms with van der Waals surface area (Å²) in [6.45, 7) is 2.53. The normalized spacial score (nSPS) is 10.1. The first-order valence-electron chi connectivity index (χ1n) is 4.12. The van der Waals surface area contributed by atoms with Crippen LogP contribution >= 0.6 is 15.9 Å². The molecule has 0 amide bonds. The van der Waals surface area contributed by atoms with Gasteiger partial charge in [0.2, 0.25) is 0 Å². The van der Waals surface area contributed by atoms with Gasteiger partial charge in [0.15, 0.2) is 11.6 Å². The monoisotopic (exact) mass is 272 g/mol. The number of hydrogen-bond donors (Lipinski definition) is 2. The van der Waals surface area contributed by atoms with Crippen molar-refractivity contribution in [2.24, 2.45) is 0 Å². The van der Waals surface area contributed by atoms with Gasteiger partial charge in [0, 0.05) is 0 Å². The summed E-state index contributed by atoms with van der Waals surface area (Å²) >= 11 is 2.91. The molecule has 0 aliphatic heterocycles. The van der Waals surface area contributed by atoms with E-state index in [4.69, 9.17) is 0 Å². The standard InChI is InChI=1S/C10H9BrO4/c1-4(12)6-3-7(5(2)13)10(15)8(11)9(6)14/h3,14-15H,1-2H3. The predicted molar refractivity (Wildman–Crippen MR) is 57.5 cm³/mol. The second-order valence-corrected chi connectivity index (χ2v) is 3.89. The molecule has 5 heteroatoms. The van der Waals surface area contributed by atoms with Gasteiger partial charge in [-0.15, -0.1) is 0 Å². The number of phenols is 2. The summed E-state index contributed by atoms with van der Waals surface area (Å²) in [7, 11) is 0. The second-order valence-electron chi connectivity index (χ2n) is 3.10. The van der Waals surface area contributed by atoms with E-state index in [1.165, 1.54) is 19.9 Å². The predicted octanol–water partition coefficient (Wildman–Crippen LogP) is 2.27. The Morgan fingerprint density at radius 2 is 1.40 bits per heavy atom. The molecule has 0 saturated heterocycles. The highest BCUT2D eigenvalue weighted by Crippen LogP contribution is 2.39. The first kappa shape index (κ1) is 11.7. The molecule has 80 valence electrons. The van der Waals surface area contributed by atoms with Crippen molar-refractivity contribution in [1.29, 1.82) is 0 Å². The molecule has 0 saturated carbocycles. The Hall–Kier alpha value is -1.36. The maximum atomic E-state index is 11.1. The van der Waals surface area contributed by atoms with Crippen molar-refractivity contribution in [3.05, 3.63) is 21.7 Å². The molecule has 1 aromatic carbocycles. The van der Waals surface area contributed by atoms with Gasteiger partial charge in [0.1, 0.15) is 16.0 Å². The van der Waals surface area contributed by atoms with Crippen LogP contribution in [-0.2, 0) is 0 Å². The number of aromatic hydroxyl groups is 2. The van der Waals surface area contributed by atoms with Crippen molar-refractivity contribution in [2.75, 3.05) is 0 Å². The van der Waals surface area contributed by atoms with Crippen LogP contribution in [0.4, 0.5) is 0 Å².